The summed E-state index contributed by atoms with van der Waals surface area (Å²) in [6, 6.07) is 8.36. The summed E-state index contributed by atoms with van der Waals surface area (Å²) in [6.45, 7) is 1.75. The van der Waals surface area contributed by atoms with Crippen molar-refractivity contribution in [3.05, 3.63) is 41.9 Å². The van der Waals surface area contributed by atoms with Crippen molar-refractivity contribution in [1.29, 1.82) is 0 Å². The Balaban J connectivity index is 2.50. The highest BCUT2D eigenvalue weighted by molar-refractivity contribution is 7.92. The van der Waals surface area contributed by atoms with Gasteiger partial charge in [-0.3, -0.25) is 4.31 Å². The molecule has 0 fully saturated rings. The minimum Gasteiger partial charge on any atom is -0.495 e. The number of para-hydroxylation sites is 2. The van der Waals surface area contributed by atoms with E-state index in [2.05, 4.69) is 0 Å². The molecule has 2 N–H and O–H groups in total. The van der Waals surface area contributed by atoms with Gasteiger partial charge >= 0.3 is 0 Å². The summed E-state index contributed by atoms with van der Waals surface area (Å²) in [5.41, 5.74) is 5.94. The van der Waals surface area contributed by atoms with Crippen molar-refractivity contribution in [2.24, 2.45) is 5.73 Å². The zero-order valence-electron chi connectivity index (χ0n) is 12.2. The predicted octanol–water partition coefficient (Wildman–Crippen LogP) is 1.88. The van der Waals surface area contributed by atoms with E-state index in [1.165, 1.54) is 24.5 Å². The van der Waals surface area contributed by atoms with Gasteiger partial charge in [0.1, 0.15) is 22.2 Å². The summed E-state index contributed by atoms with van der Waals surface area (Å²) in [7, 11) is -0.772. The third-order valence-electron chi connectivity index (χ3n) is 3.19. The predicted molar refractivity (Wildman–Crippen MR) is 79.9 cm³/mol. The lowest BCUT2D eigenvalue weighted by molar-refractivity contribution is 0.416. The van der Waals surface area contributed by atoms with Crippen molar-refractivity contribution >= 4 is 15.7 Å². The van der Waals surface area contributed by atoms with Crippen LogP contribution in [0.25, 0.3) is 0 Å². The number of anilines is 1. The molecule has 114 valence electrons. The minimum absolute atomic E-state index is 0.108. The van der Waals surface area contributed by atoms with Gasteiger partial charge in [0.15, 0.2) is 0 Å². The number of sulfonamides is 1. The van der Waals surface area contributed by atoms with Gasteiger partial charge in [0.05, 0.1) is 19.3 Å². The van der Waals surface area contributed by atoms with Gasteiger partial charge in [-0.25, -0.2) is 8.42 Å². The molecule has 0 aliphatic heterocycles. The van der Waals surface area contributed by atoms with E-state index in [-0.39, 0.29) is 11.4 Å². The standard InChI is InChI=1S/C14H18N2O4S/c1-10-14(8-11(9-15)20-10)21(17,18)16(2)12-6-4-5-7-13(12)19-3/h4-8H,9,15H2,1-3H3. The maximum Gasteiger partial charge on any atom is 0.267 e. The average Bonchev–Trinajstić information content (AvgIpc) is 2.88. The van der Waals surface area contributed by atoms with Crippen LogP contribution in [0.3, 0.4) is 0 Å². The fourth-order valence-corrected chi connectivity index (χ4v) is 3.44. The van der Waals surface area contributed by atoms with Gasteiger partial charge in [-0.2, -0.15) is 0 Å². The van der Waals surface area contributed by atoms with Gasteiger partial charge in [0.2, 0.25) is 0 Å². The smallest absolute Gasteiger partial charge is 0.267 e. The first-order valence-electron chi connectivity index (χ1n) is 6.33. The lowest BCUT2D eigenvalue weighted by Crippen LogP contribution is -2.27. The largest absolute Gasteiger partial charge is 0.495 e. The number of aryl methyl sites for hydroxylation is 1. The second kappa shape index (κ2) is 5.79. The lowest BCUT2D eigenvalue weighted by atomic mass is 10.3. The molecule has 0 bridgehead atoms. The molecule has 0 atom stereocenters. The number of rotatable bonds is 5. The Morgan fingerprint density at radius 1 is 1.33 bits per heavy atom. The molecule has 0 radical (unpaired) electrons. The van der Waals surface area contributed by atoms with Gasteiger partial charge < -0.3 is 14.9 Å². The quantitative estimate of drug-likeness (QED) is 0.911. The van der Waals surface area contributed by atoms with Crippen molar-refractivity contribution in [3.8, 4) is 5.75 Å². The highest BCUT2D eigenvalue weighted by Crippen LogP contribution is 2.32. The molecule has 7 heteroatoms. The molecule has 0 saturated carbocycles. The topological polar surface area (TPSA) is 85.8 Å². The molecular weight excluding hydrogens is 292 g/mol. The molecule has 6 nitrogen and oxygen atoms in total. The van der Waals surface area contributed by atoms with E-state index in [1.807, 2.05) is 0 Å². The molecule has 1 heterocycles. The van der Waals surface area contributed by atoms with Gasteiger partial charge in [0.25, 0.3) is 10.0 Å². The monoisotopic (exact) mass is 310 g/mol. The fourth-order valence-electron chi connectivity index (χ4n) is 2.05. The molecule has 0 saturated heterocycles. The van der Waals surface area contributed by atoms with Crippen molar-refractivity contribution in [1.82, 2.24) is 0 Å². The highest BCUT2D eigenvalue weighted by Gasteiger charge is 2.27. The molecule has 0 spiro atoms. The Morgan fingerprint density at radius 3 is 2.57 bits per heavy atom. The third-order valence-corrected chi connectivity index (χ3v) is 5.07. The summed E-state index contributed by atoms with van der Waals surface area (Å²) >= 11 is 0. The first kappa shape index (κ1) is 15.4. The van der Waals surface area contributed by atoms with E-state index >= 15 is 0 Å². The van der Waals surface area contributed by atoms with E-state index in [0.717, 1.165) is 0 Å². The molecular formula is C14H18N2O4S. The van der Waals surface area contributed by atoms with Crippen molar-refractivity contribution in [3.63, 3.8) is 0 Å². The molecule has 21 heavy (non-hydrogen) atoms. The second-order valence-corrected chi connectivity index (χ2v) is 6.42. The number of benzene rings is 1. The van der Waals surface area contributed by atoms with Crippen LogP contribution >= 0.6 is 0 Å². The zero-order valence-corrected chi connectivity index (χ0v) is 13.0. The summed E-state index contributed by atoms with van der Waals surface area (Å²) in [5.74, 6) is 1.22. The van der Waals surface area contributed by atoms with Crippen LogP contribution < -0.4 is 14.8 Å². The van der Waals surface area contributed by atoms with E-state index in [1.54, 1.807) is 31.2 Å². The Morgan fingerprint density at radius 2 is 2.00 bits per heavy atom. The minimum atomic E-state index is -3.74. The van der Waals surface area contributed by atoms with Crippen LogP contribution in [0.4, 0.5) is 5.69 Å². The molecule has 0 unspecified atom stereocenters. The van der Waals surface area contributed by atoms with Gasteiger partial charge in [-0.05, 0) is 19.1 Å². The van der Waals surface area contributed by atoms with E-state index in [9.17, 15) is 8.42 Å². The fraction of sp³-hybridized carbons (Fsp3) is 0.286. The zero-order chi connectivity index (χ0) is 15.6. The van der Waals surface area contributed by atoms with Crippen molar-refractivity contribution < 1.29 is 17.6 Å². The van der Waals surface area contributed by atoms with E-state index in [4.69, 9.17) is 14.9 Å². The molecule has 0 aliphatic rings. The number of furan rings is 1. The van der Waals surface area contributed by atoms with Gasteiger partial charge in [0, 0.05) is 13.1 Å². The van der Waals surface area contributed by atoms with E-state index in [0.29, 0.717) is 23.0 Å². The number of methoxy groups -OCH3 is 1. The number of hydrogen-bond donors (Lipinski definition) is 1. The summed E-state index contributed by atoms with van der Waals surface area (Å²) < 4.78 is 37.1. The SMILES string of the molecule is COc1ccccc1N(C)S(=O)(=O)c1cc(CN)oc1C. The third kappa shape index (κ3) is 2.74. The summed E-state index contributed by atoms with van der Waals surface area (Å²) in [5, 5.41) is 0. The molecule has 1 aromatic heterocycles. The molecule has 0 amide bonds. The van der Waals surface area contributed by atoms with Crippen LogP contribution in [0.1, 0.15) is 11.5 Å². The highest BCUT2D eigenvalue weighted by atomic mass is 32.2. The molecule has 2 rings (SSSR count). The van der Waals surface area contributed by atoms with Gasteiger partial charge in [-0.15, -0.1) is 0 Å². The number of nitrogens with zero attached hydrogens (tertiary/aromatic N) is 1. The Bertz CT molecular complexity index is 737. The van der Waals surface area contributed by atoms with Crippen LogP contribution in [0.5, 0.6) is 5.75 Å². The van der Waals surface area contributed by atoms with Gasteiger partial charge in [-0.1, -0.05) is 12.1 Å². The summed E-state index contributed by atoms with van der Waals surface area (Å²) in [6.07, 6.45) is 0. The normalized spacial score (nSPS) is 11.4. The maximum atomic E-state index is 12.7. The summed E-state index contributed by atoms with van der Waals surface area (Å²) in [4.78, 5) is 0.108. The molecule has 2 aromatic rings. The van der Waals surface area contributed by atoms with Crippen LogP contribution in [0.15, 0.2) is 39.6 Å². The number of nitrogens with two attached hydrogens (primary N) is 1. The van der Waals surface area contributed by atoms with Crippen molar-refractivity contribution in [2.45, 2.75) is 18.4 Å². The Kier molecular flexibility index (Phi) is 4.24. The van der Waals surface area contributed by atoms with Crippen LogP contribution in [-0.2, 0) is 16.6 Å². The van der Waals surface area contributed by atoms with E-state index < -0.39 is 10.0 Å². The van der Waals surface area contributed by atoms with Crippen molar-refractivity contribution in [2.75, 3.05) is 18.5 Å². The molecule has 0 aliphatic carbocycles. The van der Waals surface area contributed by atoms with Crippen LogP contribution in [0, 0.1) is 6.92 Å². The number of ether oxygens (including phenoxy) is 1. The first-order chi connectivity index (χ1) is 9.91. The Labute approximate surface area is 124 Å². The first-order valence-corrected chi connectivity index (χ1v) is 7.77. The lowest BCUT2D eigenvalue weighted by Gasteiger charge is -2.21. The Hall–Kier alpha value is -1.99. The van der Waals surface area contributed by atoms with Crippen LogP contribution in [0.2, 0.25) is 0 Å². The second-order valence-electron chi connectivity index (χ2n) is 4.48. The molecule has 1 aromatic carbocycles. The van der Waals surface area contributed by atoms with Crippen LogP contribution in [-0.4, -0.2) is 22.6 Å². The number of hydrogen-bond acceptors (Lipinski definition) is 5. The maximum absolute atomic E-state index is 12.7. The average molecular weight is 310 g/mol.